The largest absolute Gasteiger partial charge is 0.330 e. The van der Waals surface area contributed by atoms with Crippen molar-refractivity contribution < 1.29 is 4.39 Å². The van der Waals surface area contributed by atoms with Crippen molar-refractivity contribution >= 4 is 40.4 Å². The molecule has 3 rings (SSSR count). The fourth-order valence-electron chi connectivity index (χ4n) is 2.22. The van der Waals surface area contributed by atoms with Gasteiger partial charge in [-0.2, -0.15) is 10.2 Å². The van der Waals surface area contributed by atoms with Crippen molar-refractivity contribution in [3.8, 4) is 0 Å². The van der Waals surface area contributed by atoms with Crippen LogP contribution in [0.3, 0.4) is 0 Å². The molecular weight excluding hydrogens is 363 g/mol. The number of hydrogen-bond donors (Lipinski definition) is 2. The number of thiocarbonyl (C=S) groups is 1. The summed E-state index contributed by atoms with van der Waals surface area (Å²) < 4.78 is 16.4. The Morgan fingerprint density at radius 3 is 2.64 bits per heavy atom. The summed E-state index contributed by atoms with van der Waals surface area (Å²) in [6.45, 7) is 2.41. The highest BCUT2D eigenvalue weighted by molar-refractivity contribution is 7.80. The number of anilines is 2. The molecule has 0 amide bonds. The van der Waals surface area contributed by atoms with Gasteiger partial charge in [-0.15, -0.1) is 0 Å². The van der Waals surface area contributed by atoms with E-state index in [0.29, 0.717) is 22.5 Å². The first-order valence-electron chi connectivity index (χ1n) is 7.46. The van der Waals surface area contributed by atoms with Gasteiger partial charge < -0.3 is 10.6 Å². The summed E-state index contributed by atoms with van der Waals surface area (Å²) >= 11 is 11.5. The van der Waals surface area contributed by atoms with Crippen molar-refractivity contribution in [3.05, 3.63) is 58.8 Å². The highest BCUT2D eigenvalue weighted by Crippen LogP contribution is 2.21. The Morgan fingerprint density at radius 1 is 1.28 bits per heavy atom. The van der Waals surface area contributed by atoms with Crippen LogP contribution in [-0.4, -0.2) is 24.7 Å². The Labute approximate surface area is 154 Å². The zero-order valence-electron chi connectivity index (χ0n) is 13.6. The topological polar surface area (TPSA) is 59.7 Å². The minimum Gasteiger partial charge on any atom is -0.330 e. The molecule has 0 fully saturated rings. The Hall–Kier alpha value is -2.45. The summed E-state index contributed by atoms with van der Waals surface area (Å²) in [5.41, 5.74) is 2.68. The number of aryl methyl sites for hydroxylation is 1. The molecule has 6 nitrogen and oxygen atoms in total. The molecule has 0 aliphatic carbocycles. The van der Waals surface area contributed by atoms with Crippen LogP contribution in [-0.2, 0) is 13.6 Å². The van der Waals surface area contributed by atoms with Crippen LogP contribution >= 0.6 is 23.8 Å². The molecule has 2 N–H and O–H groups in total. The van der Waals surface area contributed by atoms with E-state index in [1.54, 1.807) is 33.9 Å². The number of nitrogens with zero attached hydrogens (tertiary/aromatic N) is 4. The fraction of sp³-hybridized carbons (Fsp3) is 0.188. The van der Waals surface area contributed by atoms with Gasteiger partial charge in [0.25, 0.3) is 0 Å². The van der Waals surface area contributed by atoms with E-state index in [1.165, 1.54) is 12.1 Å². The molecule has 0 radical (unpaired) electrons. The second-order valence-corrected chi connectivity index (χ2v) is 6.31. The Bertz CT molecular complexity index is 902. The second-order valence-electron chi connectivity index (χ2n) is 5.50. The van der Waals surface area contributed by atoms with E-state index in [9.17, 15) is 4.39 Å². The van der Waals surface area contributed by atoms with Crippen molar-refractivity contribution in [2.45, 2.75) is 13.5 Å². The van der Waals surface area contributed by atoms with Crippen LogP contribution in [0.5, 0.6) is 0 Å². The summed E-state index contributed by atoms with van der Waals surface area (Å²) in [7, 11) is 1.85. The lowest BCUT2D eigenvalue weighted by atomic mass is 10.2. The average molecular weight is 379 g/mol. The van der Waals surface area contributed by atoms with Gasteiger partial charge >= 0.3 is 0 Å². The molecule has 0 spiro atoms. The number of benzene rings is 1. The number of nitrogens with one attached hydrogen (secondary N) is 2. The van der Waals surface area contributed by atoms with Crippen molar-refractivity contribution in [1.82, 2.24) is 19.6 Å². The van der Waals surface area contributed by atoms with E-state index in [-0.39, 0.29) is 5.82 Å². The summed E-state index contributed by atoms with van der Waals surface area (Å²) in [5.74, 6) is 0.176. The maximum atomic E-state index is 13.0. The number of halogens is 2. The predicted octanol–water partition coefficient (Wildman–Crippen LogP) is 3.57. The third kappa shape index (κ3) is 4.15. The van der Waals surface area contributed by atoms with Crippen LogP contribution in [0.1, 0.15) is 11.3 Å². The van der Waals surface area contributed by atoms with E-state index in [0.717, 1.165) is 16.9 Å². The van der Waals surface area contributed by atoms with Crippen LogP contribution in [0.25, 0.3) is 0 Å². The minimum absolute atomic E-state index is 0.272. The fourth-order valence-corrected chi connectivity index (χ4v) is 2.63. The van der Waals surface area contributed by atoms with Gasteiger partial charge in [0.2, 0.25) is 0 Å². The molecule has 0 saturated carbocycles. The molecule has 0 atom stereocenters. The molecule has 130 valence electrons. The van der Waals surface area contributed by atoms with Crippen LogP contribution in [0.4, 0.5) is 15.9 Å². The molecule has 0 saturated heterocycles. The molecule has 0 aliphatic rings. The quantitative estimate of drug-likeness (QED) is 0.679. The first-order valence-corrected chi connectivity index (χ1v) is 8.25. The van der Waals surface area contributed by atoms with Crippen molar-refractivity contribution in [2.75, 3.05) is 10.6 Å². The average Bonchev–Trinajstić information content (AvgIpc) is 3.06. The number of rotatable bonds is 4. The van der Waals surface area contributed by atoms with Crippen molar-refractivity contribution in [2.24, 2.45) is 7.05 Å². The van der Waals surface area contributed by atoms with Crippen LogP contribution in [0.15, 0.2) is 36.7 Å². The lowest BCUT2D eigenvalue weighted by Gasteiger charge is -2.08. The lowest BCUT2D eigenvalue weighted by molar-refractivity contribution is 0.624. The lowest BCUT2D eigenvalue weighted by Crippen LogP contribution is -2.20. The van der Waals surface area contributed by atoms with Crippen LogP contribution in [0, 0.1) is 12.7 Å². The molecule has 2 aromatic heterocycles. The van der Waals surface area contributed by atoms with E-state index >= 15 is 0 Å². The van der Waals surface area contributed by atoms with Gasteiger partial charge in [-0.25, -0.2) is 4.39 Å². The molecular formula is C16H16ClFN6S. The monoisotopic (exact) mass is 378 g/mol. The summed E-state index contributed by atoms with van der Waals surface area (Å²) in [6.07, 6.45) is 3.38. The second kappa shape index (κ2) is 7.20. The SMILES string of the molecule is Cc1c(NC(=S)Nc2nn(Cc3ccc(F)cc3)cc2Cl)cnn1C. The molecule has 2 heterocycles. The zero-order chi connectivity index (χ0) is 18.0. The molecule has 0 aliphatic heterocycles. The summed E-state index contributed by atoms with van der Waals surface area (Å²) in [5, 5.41) is 15.3. The van der Waals surface area contributed by atoms with Gasteiger partial charge in [0.15, 0.2) is 10.9 Å². The van der Waals surface area contributed by atoms with Gasteiger partial charge in [-0.3, -0.25) is 9.36 Å². The summed E-state index contributed by atoms with van der Waals surface area (Å²) in [6, 6.07) is 6.23. The number of aromatic nitrogens is 4. The Morgan fingerprint density at radius 2 is 2.00 bits per heavy atom. The molecule has 3 aromatic rings. The van der Waals surface area contributed by atoms with Crippen molar-refractivity contribution in [3.63, 3.8) is 0 Å². The minimum atomic E-state index is -0.272. The molecule has 0 bridgehead atoms. The molecule has 0 unspecified atom stereocenters. The third-order valence-corrected chi connectivity index (χ3v) is 4.17. The van der Waals surface area contributed by atoms with E-state index < -0.39 is 0 Å². The standard InChI is InChI=1S/C16H16ClFN6S/c1-10-14(7-19-23(10)2)20-16(25)21-15-13(17)9-24(22-15)8-11-3-5-12(18)6-4-11/h3-7,9H,8H2,1-2H3,(H2,20,21,22,25). The van der Waals surface area contributed by atoms with Crippen LogP contribution < -0.4 is 10.6 Å². The Kier molecular flexibility index (Phi) is 5.00. The maximum Gasteiger partial charge on any atom is 0.176 e. The van der Waals surface area contributed by atoms with E-state index in [1.807, 2.05) is 14.0 Å². The Balaban J connectivity index is 1.66. The van der Waals surface area contributed by atoms with Crippen molar-refractivity contribution in [1.29, 1.82) is 0 Å². The van der Waals surface area contributed by atoms with E-state index in [4.69, 9.17) is 23.8 Å². The third-order valence-electron chi connectivity index (χ3n) is 3.69. The first-order chi connectivity index (χ1) is 11.9. The zero-order valence-corrected chi connectivity index (χ0v) is 15.2. The number of hydrogen-bond acceptors (Lipinski definition) is 3. The van der Waals surface area contributed by atoms with Crippen LogP contribution in [0.2, 0.25) is 5.02 Å². The molecule has 25 heavy (non-hydrogen) atoms. The first kappa shape index (κ1) is 17.4. The highest BCUT2D eigenvalue weighted by atomic mass is 35.5. The van der Waals surface area contributed by atoms with Gasteiger partial charge in [-0.1, -0.05) is 23.7 Å². The van der Waals surface area contributed by atoms with Gasteiger partial charge in [-0.05, 0) is 36.8 Å². The predicted molar refractivity (Wildman–Crippen MR) is 101 cm³/mol. The van der Waals surface area contributed by atoms with Gasteiger partial charge in [0.1, 0.15) is 10.8 Å². The molecule has 1 aromatic carbocycles. The maximum absolute atomic E-state index is 13.0. The molecule has 9 heteroatoms. The van der Waals surface area contributed by atoms with Gasteiger partial charge in [0.05, 0.1) is 24.1 Å². The smallest absolute Gasteiger partial charge is 0.176 e. The normalized spacial score (nSPS) is 10.7. The summed E-state index contributed by atoms with van der Waals surface area (Å²) in [4.78, 5) is 0. The van der Waals surface area contributed by atoms with Gasteiger partial charge in [0, 0.05) is 13.2 Å². The van der Waals surface area contributed by atoms with E-state index in [2.05, 4.69) is 20.8 Å². The highest BCUT2D eigenvalue weighted by Gasteiger charge is 2.11.